The SMILES string of the molecule is COc1ccc(-c2cnc3c(Nc4ccc(C(=O)N[C@@H]5CCN(C(=O)OC(C)(C)C)C5)c(C)c4)nccn23)c(F)c1F. The van der Waals surface area contributed by atoms with Gasteiger partial charge in [0.15, 0.2) is 23.0 Å². The summed E-state index contributed by atoms with van der Waals surface area (Å²) >= 11 is 0. The Morgan fingerprint density at radius 1 is 1.10 bits per heavy atom. The zero-order valence-electron chi connectivity index (χ0n) is 24.0. The van der Waals surface area contributed by atoms with Gasteiger partial charge >= 0.3 is 6.09 Å². The van der Waals surface area contributed by atoms with E-state index in [4.69, 9.17) is 9.47 Å². The van der Waals surface area contributed by atoms with E-state index < -0.39 is 17.2 Å². The van der Waals surface area contributed by atoms with Crippen molar-refractivity contribution in [3.05, 3.63) is 71.7 Å². The third-order valence-corrected chi connectivity index (χ3v) is 6.88. The highest BCUT2D eigenvalue weighted by Gasteiger charge is 2.31. The Morgan fingerprint density at radius 2 is 1.88 bits per heavy atom. The zero-order chi connectivity index (χ0) is 30.2. The van der Waals surface area contributed by atoms with Crippen LogP contribution in [0, 0.1) is 18.6 Å². The van der Waals surface area contributed by atoms with Crippen LogP contribution in [0.3, 0.4) is 0 Å². The smallest absolute Gasteiger partial charge is 0.410 e. The van der Waals surface area contributed by atoms with E-state index in [0.29, 0.717) is 47.9 Å². The number of carbonyl (C=O) groups excluding carboxylic acids is 2. The van der Waals surface area contributed by atoms with Crippen molar-refractivity contribution in [2.24, 2.45) is 0 Å². The number of aryl methyl sites for hydroxylation is 1. The van der Waals surface area contributed by atoms with E-state index >= 15 is 0 Å². The maximum absolute atomic E-state index is 14.8. The molecule has 2 aromatic carbocycles. The number of nitrogens with zero attached hydrogens (tertiary/aromatic N) is 4. The number of likely N-dealkylation sites (tertiary alicyclic amines) is 1. The average molecular weight is 579 g/mol. The number of hydrogen-bond donors (Lipinski definition) is 2. The molecule has 1 saturated heterocycles. The minimum Gasteiger partial charge on any atom is -0.494 e. The van der Waals surface area contributed by atoms with Crippen molar-refractivity contribution in [2.45, 2.75) is 45.8 Å². The molecule has 0 unspecified atom stereocenters. The van der Waals surface area contributed by atoms with Crippen LogP contribution in [0.5, 0.6) is 5.75 Å². The molecule has 1 fully saturated rings. The number of imidazole rings is 1. The number of halogens is 2. The number of ether oxygens (including phenoxy) is 2. The Morgan fingerprint density at radius 3 is 2.60 bits per heavy atom. The lowest BCUT2D eigenvalue weighted by Crippen LogP contribution is -2.40. The molecule has 42 heavy (non-hydrogen) atoms. The highest BCUT2D eigenvalue weighted by molar-refractivity contribution is 5.96. The Balaban J connectivity index is 1.29. The van der Waals surface area contributed by atoms with Gasteiger partial charge in [-0.2, -0.15) is 4.39 Å². The van der Waals surface area contributed by atoms with Crippen molar-refractivity contribution in [1.29, 1.82) is 0 Å². The number of rotatable bonds is 6. The number of carbonyl (C=O) groups is 2. The summed E-state index contributed by atoms with van der Waals surface area (Å²) in [5.41, 5.74) is 2.08. The Bertz CT molecular complexity index is 1670. The van der Waals surface area contributed by atoms with E-state index in [1.807, 2.05) is 33.8 Å². The fourth-order valence-corrected chi connectivity index (χ4v) is 4.86. The number of nitrogens with one attached hydrogen (secondary N) is 2. The van der Waals surface area contributed by atoms with Gasteiger partial charge in [-0.1, -0.05) is 0 Å². The molecule has 0 radical (unpaired) electrons. The van der Waals surface area contributed by atoms with Crippen LogP contribution in [-0.2, 0) is 4.74 Å². The van der Waals surface area contributed by atoms with Gasteiger partial charge < -0.3 is 25.0 Å². The lowest BCUT2D eigenvalue weighted by Gasteiger charge is -2.24. The highest BCUT2D eigenvalue weighted by Crippen LogP contribution is 2.31. The summed E-state index contributed by atoms with van der Waals surface area (Å²) in [5, 5.41) is 6.21. The van der Waals surface area contributed by atoms with Crippen molar-refractivity contribution >= 4 is 29.2 Å². The molecule has 12 heteroatoms. The fraction of sp³-hybridized carbons (Fsp3) is 0.333. The van der Waals surface area contributed by atoms with Gasteiger partial charge in [-0.15, -0.1) is 0 Å². The normalized spacial score (nSPS) is 15.1. The third-order valence-electron chi connectivity index (χ3n) is 6.88. The summed E-state index contributed by atoms with van der Waals surface area (Å²) in [6.45, 7) is 8.16. The molecule has 0 saturated carbocycles. The molecular weight excluding hydrogens is 546 g/mol. The number of hydrogen-bond acceptors (Lipinski definition) is 7. The minimum absolute atomic E-state index is 0.0284. The lowest BCUT2D eigenvalue weighted by atomic mass is 10.1. The minimum atomic E-state index is -1.08. The molecule has 0 bridgehead atoms. The first-order valence-corrected chi connectivity index (χ1v) is 13.5. The first-order valence-electron chi connectivity index (χ1n) is 13.5. The number of benzene rings is 2. The number of aromatic nitrogens is 3. The van der Waals surface area contributed by atoms with Crippen molar-refractivity contribution in [1.82, 2.24) is 24.6 Å². The maximum Gasteiger partial charge on any atom is 0.410 e. The zero-order valence-corrected chi connectivity index (χ0v) is 24.0. The maximum atomic E-state index is 14.8. The van der Waals surface area contributed by atoms with Gasteiger partial charge in [-0.25, -0.2) is 19.2 Å². The van der Waals surface area contributed by atoms with Crippen LogP contribution >= 0.6 is 0 Å². The summed E-state index contributed by atoms with van der Waals surface area (Å²) in [6.07, 6.45) is 4.82. The molecule has 0 aliphatic carbocycles. The van der Waals surface area contributed by atoms with E-state index in [1.165, 1.54) is 31.6 Å². The van der Waals surface area contributed by atoms with E-state index in [-0.39, 0.29) is 29.4 Å². The molecule has 3 heterocycles. The molecule has 1 atom stereocenters. The first-order chi connectivity index (χ1) is 19.9. The van der Waals surface area contributed by atoms with Crippen molar-refractivity contribution in [3.8, 4) is 17.0 Å². The van der Waals surface area contributed by atoms with E-state index in [2.05, 4.69) is 20.6 Å². The van der Waals surface area contributed by atoms with Gasteiger partial charge in [-0.3, -0.25) is 9.20 Å². The predicted octanol–water partition coefficient (Wildman–Crippen LogP) is 5.47. The standard InChI is InChI=1S/C30H32F2N6O4/c1-17-14-18(6-7-20(17)28(39)36-19-10-12-37(16-19)29(40)42-30(2,3)4)35-26-27-34-15-22(38(27)13-11-33-26)21-8-9-23(41-5)25(32)24(21)31/h6-9,11,13-15,19H,10,12,16H2,1-5H3,(H,33,35)(H,36,39)/t19-/m1/s1. The van der Waals surface area contributed by atoms with Crippen LogP contribution in [-0.4, -0.2) is 63.1 Å². The van der Waals surface area contributed by atoms with Gasteiger partial charge in [0.05, 0.1) is 19.0 Å². The van der Waals surface area contributed by atoms with Crippen LogP contribution in [0.1, 0.15) is 43.1 Å². The van der Waals surface area contributed by atoms with Gasteiger partial charge in [0.25, 0.3) is 5.91 Å². The van der Waals surface area contributed by atoms with Crippen LogP contribution in [0.4, 0.5) is 25.1 Å². The number of methoxy groups -OCH3 is 1. The lowest BCUT2D eigenvalue weighted by molar-refractivity contribution is 0.0290. The Kier molecular flexibility index (Phi) is 7.72. The molecular formula is C30H32F2N6O4. The van der Waals surface area contributed by atoms with Crippen LogP contribution in [0.25, 0.3) is 16.9 Å². The summed E-state index contributed by atoms with van der Waals surface area (Å²) in [6, 6.07) is 7.88. The van der Waals surface area contributed by atoms with Gasteiger partial charge in [0.2, 0.25) is 5.82 Å². The highest BCUT2D eigenvalue weighted by atomic mass is 19.2. The molecule has 2 aromatic heterocycles. The van der Waals surface area contributed by atoms with Gasteiger partial charge in [0, 0.05) is 48.3 Å². The fourth-order valence-electron chi connectivity index (χ4n) is 4.86. The van der Waals surface area contributed by atoms with E-state index in [9.17, 15) is 18.4 Å². The predicted molar refractivity (Wildman–Crippen MR) is 153 cm³/mol. The summed E-state index contributed by atoms with van der Waals surface area (Å²) < 4.78 is 41.1. The Hall–Kier alpha value is -4.74. The molecule has 2 amide bonds. The molecule has 0 spiro atoms. The van der Waals surface area contributed by atoms with Crippen LogP contribution < -0.4 is 15.4 Å². The summed E-state index contributed by atoms with van der Waals surface area (Å²) in [5.74, 6) is -2.15. The first kappa shape index (κ1) is 28.8. The summed E-state index contributed by atoms with van der Waals surface area (Å²) in [7, 11) is 1.27. The second kappa shape index (κ2) is 11.3. The molecule has 4 aromatic rings. The van der Waals surface area contributed by atoms with Gasteiger partial charge in [0.1, 0.15) is 5.60 Å². The molecule has 1 aliphatic heterocycles. The summed E-state index contributed by atoms with van der Waals surface area (Å²) in [4.78, 5) is 35.7. The van der Waals surface area contributed by atoms with E-state index in [0.717, 1.165) is 5.56 Å². The quantitative estimate of drug-likeness (QED) is 0.312. The Labute approximate surface area is 241 Å². The van der Waals surface area contributed by atoms with Gasteiger partial charge in [-0.05, 0) is 70.0 Å². The molecule has 220 valence electrons. The largest absolute Gasteiger partial charge is 0.494 e. The number of amides is 2. The molecule has 10 nitrogen and oxygen atoms in total. The second-order valence-electron chi connectivity index (χ2n) is 11.1. The molecule has 5 rings (SSSR count). The molecule has 2 N–H and O–H groups in total. The third kappa shape index (κ3) is 5.83. The van der Waals surface area contributed by atoms with Crippen molar-refractivity contribution in [3.63, 3.8) is 0 Å². The molecule has 1 aliphatic rings. The average Bonchev–Trinajstić information content (AvgIpc) is 3.57. The van der Waals surface area contributed by atoms with Crippen LogP contribution in [0.15, 0.2) is 48.9 Å². The van der Waals surface area contributed by atoms with E-state index in [1.54, 1.807) is 27.6 Å². The van der Waals surface area contributed by atoms with Crippen LogP contribution in [0.2, 0.25) is 0 Å². The number of fused-ring (bicyclic) bond motifs is 1. The van der Waals surface area contributed by atoms with Crippen molar-refractivity contribution in [2.75, 3.05) is 25.5 Å². The monoisotopic (exact) mass is 578 g/mol. The number of anilines is 2. The topological polar surface area (TPSA) is 110 Å². The van der Waals surface area contributed by atoms with Crippen molar-refractivity contribution < 1.29 is 27.8 Å². The second-order valence-corrected chi connectivity index (χ2v) is 11.1.